The number of nitrogens with one attached hydrogen (secondary N) is 1. The summed E-state index contributed by atoms with van der Waals surface area (Å²) >= 11 is 0. The summed E-state index contributed by atoms with van der Waals surface area (Å²) in [5.41, 5.74) is 1.12. The van der Waals surface area contributed by atoms with Gasteiger partial charge in [-0.15, -0.1) is 0 Å². The van der Waals surface area contributed by atoms with Crippen LogP contribution < -0.4 is 5.32 Å². The second-order valence-electron chi connectivity index (χ2n) is 4.36. The summed E-state index contributed by atoms with van der Waals surface area (Å²) in [7, 11) is 0. The van der Waals surface area contributed by atoms with Crippen LogP contribution in [0.5, 0.6) is 0 Å². The van der Waals surface area contributed by atoms with E-state index < -0.39 is 0 Å². The summed E-state index contributed by atoms with van der Waals surface area (Å²) in [5, 5.41) is 3.53. The highest BCUT2D eigenvalue weighted by atomic mass is 14.9. The van der Waals surface area contributed by atoms with Crippen LogP contribution in [0.4, 0.5) is 0 Å². The third-order valence-electron chi connectivity index (χ3n) is 3.15. The molecule has 1 aromatic carbocycles. The van der Waals surface area contributed by atoms with Crippen molar-refractivity contribution >= 4 is 0 Å². The van der Waals surface area contributed by atoms with Gasteiger partial charge in [-0.3, -0.25) is 0 Å². The number of hydrogen-bond acceptors (Lipinski definition) is 1. The summed E-state index contributed by atoms with van der Waals surface area (Å²) in [6.07, 6.45) is 6.56. The monoisotopic (exact) mass is 204 g/mol. The fraction of sp³-hybridized carbons (Fsp3) is 0.571. The maximum atomic E-state index is 8.07. The molecular formula is C14H21N. The number of benzene rings is 1. The molecule has 82 valence electrons. The molecule has 0 aromatic heterocycles. The van der Waals surface area contributed by atoms with Gasteiger partial charge < -0.3 is 5.32 Å². The van der Waals surface area contributed by atoms with Gasteiger partial charge in [-0.2, -0.15) is 0 Å². The summed E-state index contributed by atoms with van der Waals surface area (Å²) in [6.45, 7) is 0.786. The van der Waals surface area contributed by atoms with E-state index in [2.05, 4.69) is 5.32 Å². The van der Waals surface area contributed by atoms with Crippen LogP contribution in [0.1, 0.15) is 39.0 Å². The van der Waals surface area contributed by atoms with E-state index in [0.717, 1.165) is 12.1 Å². The van der Waals surface area contributed by atoms with E-state index in [0.29, 0.717) is 6.04 Å². The van der Waals surface area contributed by atoms with E-state index in [4.69, 9.17) is 1.37 Å². The topological polar surface area (TPSA) is 12.0 Å². The zero-order chi connectivity index (χ0) is 11.2. The first-order valence-corrected chi connectivity index (χ1v) is 6.07. The third-order valence-corrected chi connectivity index (χ3v) is 3.15. The molecule has 0 amide bonds. The Bertz CT molecular complexity index is 293. The molecule has 1 fully saturated rings. The summed E-state index contributed by atoms with van der Waals surface area (Å²) in [5.74, 6) is 0. The van der Waals surface area contributed by atoms with Gasteiger partial charge in [0.2, 0.25) is 0 Å². The van der Waals surface area contributed by atoms with E-state index >= 15 is 0 Å². The molecule has 1 heteroatoms. The number of rotatable bonds is 4. The molecule has 1 nitrogen and oxygen atoms in total. The molecule has 1 saturated carbocycles. The Morgan fingerprint density at radius 2 is 1.87 bits per heavy atom. The van der Waals surface area contributed by atoms with Gasteiger partial charge in [0.25, 0.3) is 0 Å². The van der Waals surface area contributed by atoms with Gasteiger partial charge in [0.1, 0.15) is 0 Å². The SMILES string of the molecule is [2H]C(CNC1CCCCC1)c1ccccc1. The average molecular weight is 204 g/mol. The zero-order valence-electron chi connectivity index (χ0n) is 10.3. The van der Waals surface area contributed by atoms with E-state index in [1.807, 2.05) is 30.3 Å². The van der Waals surface area contributed by atoms with Crippen molar-refractivity contribution < 1.29 is 1.37 Å². The first-order chi connectivity index (χ1) is 7.86. The summed E-state index contributed by atoms with van der Waals surface area (Å²) < 4.78 is 8.07. The van der Waals surface area contributed by atoms with Crippen molar-refractivity contribution in [3.8, 4) is 0 Å². The number of hydrogen-bond donors (Lipinski definition) is 1. The summed E-state index contributed by atoms with van der Waals surface area (Å²) in [6, 6.07) is 10.8. The van der Waals surface area contributed by atoms with Crippen LogP contribution in [0.2, 0.25) is 0 Å². The van der Waals surface area contributed by atoms with Gasteiger partial charge >= 0.3 is 0 Å². The van der Waals surface area contributed by atoms with Crippen LogP contribution in [0.25, 0.3) is 0 Å². The second kappa shape index (κ2) is 5.92. The predicted octanol–water partition coefficient (Wildman–Crippen LogP) is 3.15. The molecule has 1 N–H and O–H groups in total. The average Bonchev–Trinajstić information content (AvgIpc) is 2.38. The molecule has 0 saturated heterocycles. The zero-order valence-corrected chi connectivity index (χ0v) is 9.28. The standard InChI is InChI=1S/C14H21N/c1-3-7-13(8-4-1)11-12-15-14-9-5-2-6-10-14/h1,3-4,7-8,14-15H,2,5-6,9-12H2/i11D. The molecule has 1 aliphatic carbocycles. The Hall–Kier alpha value is -0.820. The minimum Gasteiger partial charge on any atom is -0.314 e. The molecule has 2 rings (SSSR count). The molecule has 0 spiro atoms. The van der Waals surface area contributed by atoms with E-state index in [1.165, 1.54) is 32.1 Å². The fourth-order valence-electron chi connectivity index (χ4n) is 2.24. The molecule has 0 aliphatic heterocycles. The second-order valence-corrected chi connectivity index (χ2v) is 4.36. The highest BCUT2D eigenvalue weighted by Gasteiger charge is 2.11. The third kappa shape index (κ3) is 3.67. The van der Waals surface area contributed by atoms with Gasteiger partial charge in [-0.05, 0) is 31.3 Å². The minimum atomic E-state index is -0.122. The quantitative estimate of drug-likeness (QED) is 0.794. The van der Waals surface area contributed by atoms with Crippen molar-refractivity contribution in [2.24, 2.45) is 0 Å². The van der Waals surface area contributed by atoms with Crippen molar-refractivity contribution in [2.45, 2.75) is 44.5 Å². The van der Waals surface area contributed by atoms with E-state index in [-0.39, 0.29) is 6.40 Å². The van der Waals surface area contributed by atoms with E-state index in [9.17, 15) is 0 Å². The highest BCUT2D eigenvalue weighted by molar-refractivity contribution is 5.14. The Morgan fingerprint density at radius 1 is 1.13 bits per heavy atom. The van der Waals surface area contributed by atoms with Crippen LogP contribution in [-0.4, -0.2) is 12.6 Å². The maximum Gasteiger partial charge on any atom is 0.0329 e. The van der Waals surface area contributed by atoms with Gasteiger partial charge in [-0.25, -0.2) is 0 Å². The first-order valence-electron chi connectivity index (χ1n) is 6.64. The van der Waals surface area contributed by atoms with Crippen LogP contribution in [0.15, 0.2) is 30.3 Å². The molecule has 1 aromatic rings. The Morgan fingerprint density at radius 3 is 2.60 bits per heavy atom. The van der Waals surface area contributed by atoms with E-state index in [1.54, 1.807) is 0 Å². The van der Waals surface area contributed by atoms with Crippen molar-refractivity contribution in [3.63, 3.8) is 0 Å². The first kappa shape index (κ1) is 9.41. The van der Waals surface area contributed by atoms with Crippen LogP contribution >= 0.6 is 0 Å². The molecule has 1 atom stereocenters. The lowest BCUT2D eigenvalue weighted by molar-refractivity contribution is 0.375. The maximum absolute atomic E-state index is 8.07. The molecule has 0 radical (unpaired) electrons. The smallest absolute Gasteiger partial charge is 0.0329 e. The predicted molar refractivity (Wildman–Crippen MR) is 65.0 cm³/mol. The van der Waals surface area contributed by atoms with Crippen molar-refractivity contribution in [1.29, 1.82) is 0 Å². The Kier molecular flexibility index (Phi) is 3.71. The van der Waals surface area contributed by atoms with Crippen molar-refractivity contribution in [3.05, 3.63) is 35.9 Å². The Labute approximate surface area is 94.3 Å². The molecule has 0 bridgehead atoms. The molecule has 1 aliphatic rings. The highest BCUT2D eigenvalue weighted by Crippen LogP contribution is 2.17. The molecular weight excluding hydrogens is 182 g/mol. The largest absolute Gasteiger partial charge is 0.314 e. The molecule has 1 unspecified atom stereocenters. The van der Waals surface area contributed by atoms with Gasteiger partial charge in [0.05, 0.1) is 0 Å². The minimum absolute atomic E-state index is 0.122. The van der Waals surface area contributed by atoms with Crippen molar-refractivity contribution in [2.75, 3.05) is 6.54 Å². The van der Waals surface area contributed by atoms with Gasteiger partial charge in [0.15, 0.2) is 0 Å². The molecule has 0 heterocycles. The lowest BCUT2D eigenvalue weighted by Gasteiger charge is -2.22. The van der Waals surface area contributed by atoms with Crippen molar-refractivity contribution in [1.82, 2.24) is 5.32 Å². The van der Waals surface area contributed by atoms with Gasteiger partial charge in [0, 0.05) is 7.41 Å². The van der Waals surface area contributed by atoms with Crippen LogP contribution in [0.3, 0.4) is 0 Å². The lowest BCUT2D eigenvalue weighted by Crippen LogP contribution is -2.32. The molecule has 15 heavy (non-hydrogen) atoms. The summed E-state index contributed by atoms with van der Waals surface area (Å²) in [4.78, 5) is 0. The normalized spacial score (nSPS) is 20.9. The van der Waals surface area contributed by atoms with Crippen LogP contribution in [-0.2, 0) is 6.40 Å². The van der Waals surface area contributed by atoms with Crippen LogP contribution in [0, 0.1) is 0 Å². The lowest BCUT2D eigenvalue weighted by atomic mass is 9.95. The van der Waals surface area contributed by atoms with Gasteiger partial charge in [-0.1, -0.05) is 49.6 Å². The fourth-order valence-corrected chi connectivity index (χ4v) is 2.24. The Balaban J connectivity index is 1.77.